The molecule has 1 unspecified atom stereocenters. The highest BCUT2D eigenvalue weighted by Gasteiger charge is 2.38. The Labute approximate surface area is 101 Å². The molecule has 1 aliphatic heterocycles. The first-order valence-corrected chi connectivity index (χ1v) is 5.73. The molecule has 0 saturated carbocycles. The molecule has 0 radical (unpaired) electrons. The summed E-state index contributed by atoms with van der Waals surface area (Å²) in [6, 6.07) is 5.60. The molecule has 2 heterocycles. The van der Waals surface area contributed by atoms with Gasteiger partial charge in [0.2, 0.25) is 5.91 Å². The fourth-order valence-electron chi connectivity index (χ4n) is 2.21. The Kier molecular flexibility index (Phi) is 3.02. The van der Waals surface area contributed by atoms with E-state index in [0.29, 0.717) is 18.9 Å². The van der Waals surface area contributed by atoms with Gasteiger partial charge in [-0.3, -0.25) is 9.69 Å². The summed E-state index contributed by atoms with van der Waals surface area (Å²) in [6.45, 7) is 4.20. The fourth-order valence-corrected chi connectivity index (χ4v) is 2.21. The van der Waals surface area contributed by atoms with Crippen LogP contribution < -0.4 is 11.5 Å². The molecular formula is C12H18N4O. The number of nitrogen functional groups attached to an aromatic ring is 1. The number of pyridine rings is 1. The summed E-state index contributed by atoms with van der Waals surface area (Å²) in [5.74, 6) is 0.305. The van der Waals surface area contributed by atoms with Crippen molar-refractivity contribution in [3.63, 3.8) is 0 Å². The molecule has 4 N–H and O–H groups in total. The van der Waals surface area contributed by atoms with Crippen molar-refractivity contribution >= 4 is 11.7 Å². The van der Waals surface area contributed by atoms with Gasteiger partial charge in [-0.1, -0.05) is 6.07 Å². The molecule has 0 aromatic carbocycles. The molecule has 92 valence electrons. The molecule has 1 aromatic heterocycles. The van der Waals surface area contributed by atoms with E-state index in [-0.39, 0.29) is 5.91 Å². The Morgan fingerprint density at radius 2 is 2.35 bits per heavy atom. The number of carbonyl (C=O) groups excluding carboxylic acids is 1. The number of primary amides is 1. The van der Waals surface area contributed by atoms with Gasteiger partial charge in [0.15, 0.2) is 0 Å². The van der Waals surface area contributed by atoms with E-state index in [9.17, 15) is 4.79 Å². The van der Waals surface area contributed by atoms with Crippen LogP contribution in [0.3, 0.4) is 0 Å². The first-order chi connectivity index (χ1) is 7.99. The molecule has 1 fully saturated rings. The number of anilines is 1. The maximum absolute atomic E-state index is 11.3. The Bertz CT molecular complexity index is 434. The maximum Gasteiger partial charge on any atom is 0.224 e. The molecule has 5 nitrogen and oxygen atoms in total. The molecule has 1 aliphatic rings. The van der Waals surface area contributed by atoms with Crippen molar-refractivity contribution in [1.82, 2.24) is 9.88 Å². The zero-order chi connectivity index (χ0) is 12.5. The first kappa shape index (κ1) is 11.9. The van der Waals surface area contributed by atoms with E-state index in [0.717, 1.165) is 18.7 Å². The minimum absolute atomic E-state index is 0.222. The number of amides is 1. The van der Waals surface area contributed by atoms with Crippen LogP contribution in [0.1, 0.15) is 19.0 Å². The molecule has 0 aliphatic carbocycles. The summed E-state index contributed by atoms with van der Waals surface area (Å²) in [5, 5.41) is 0. The average molecular weight is 234 g/mol. The quantitative estimate of drug-likeness (QED) is 0.790. The second kappa shape index (κ2) is 4.33. The molecule has 1 atom stereocenters. The van der Waals surface area contributed by atoms with Crippen LogP contribution in [0.5, 0.6) is 0 Å². The Hall–Kier alpha value is -1.62. The lowest BCUT2D eigenvalue weighted by Gasteiger charge is -2.20. The van der Waals surface area contributed by atoms with E-state index in [1.54, 1.807) is 6.07 Å². The second-order valence-electron chi connectivity index (χ2n) is 4.94. The molecule has 0 bridgehead atoms. The highest BCUT2D eigenvalue weighted by atomic mass is 16.1. The minimum atomic E-state index is -0.402. The van der Waals surface area contributed by atoms with Crippen LogP contribution in [-0.4, -0.2) is 28.9 Å². The third kappa shape index (κ3) is 2.55. The van der Waals surface area contributed by atoms with E-state index in [1.807, 2.05) is 19.1 Å². The summed E-state index contributed by atoms with van der Waals surface area (Å²) in [7, 11) is 0. The normalized spacial score (nSPS) is 25.0. The Morgan fingerprint density at radius 3 is 2.94 bits per heavy atom. The van der Waals surface area contributed by atoms with Crippen LogP contribution in [0.2, 0.25) is 0 Å². The van der Waals surface area contributed by atoms with Crippen molar-refractivity contribution in [2.24, 2.45) is 11.1 Å². The molecule has 0 spiro atoms. The van der Waals surface area contributed by atoms with Gasteiger partial charge in [0.1, 0.15) is 5.82 Å². The lowest BCUT2D eigenvalue weighted by atomic mass is 9.89. The summed E-state index contributed by atoms with van der Waals surface area (Å²) >= 11 is 0. The number of nitrogens with two attached hydrogens (primary N) is 2. The van der Waals surface area contributed by atoms with Crippen molar-refractivity contribution in [3.05, 3.63) is 23.9 Å². The molecule has 17 heavy (non-hydrogen) atoms. The third-order valence-electron chi connectivity index (χ3n) is 3.36. The SMILES string of the molecule is CC1(C(N)=O)CCN(Cc2cccc(N)n2)C1. The van der Waals surface area contributed by atoms with Gasteiger partial charge in [0, 0.05) is 13.1 Å². The number of likely N-dealkylation sites (tertiary alicyclic amines) is 1. The molecule has 2 rings (SSSR count). The first-order valence-electron chi connectivity index (χ1n) is 5.73. The van der Waals surface area contributed by atoms with E-state index < -0.39 is 5.41 Å². The predicted octanol–water partition coefficient (Wildman–Crippen LogP) is 0.361. The molecule has 1 saturated heterocycles. The van der Waals surface area contributed by atoms with Crippen molar-refractivity contribution < 1.29 is 4.79 Å². The van der Waals surface area contributed by atoms with Gasteiger partial charge in [-0.15, -0.1) is 0 Å². The van der Waals surface area contributed by atoms with Crippen LogP contribution in [-0.2, 0) is 11.3 Å². The van der Waals surface area contributed by atoms with Crippen molar-refractivity contribution in [3.8, 4) is 0 Å². The number of aromatic nitrogens is 1. The molecule has 5 heteroatoms. The highest BCUT2D eigenvalue weighted by molar-refractivity contribution is 5.81. The third-order valence-corrected chi connectivity index (χ3v) is 3.36. The van der Waals surface area contributed by atoms with E-state index in [1.165, 1.54) is 0 Å². The molecule has 1 amide bonds. The monoisotopic (exact) mass is 234 g/mol. The number of hydrogen-bond donors (Lipinski definition) is 2. The number of carbonyl (C=O) groups is 1. The van der Waals surface area contributed by atoms with Crippen molar-refractivity contribution in [1.29, 1.82) is 0 Å². The fraction of sp³-hybridized carbons (Fsp3) is 0.500. The van der Waals surface area contributed by atoms with Gasteiger partial charge in [0.25, 0.3) is 0 Å². The van der Waals surface area contributed by atoms with E-state index in [2.05, 4.69) is 9.88 Å². The van der Waals surface area contributed by atoms with Crippen LogP contribution >= 0.6 is 0 Å². The van der Waals surface area contributed by atoms with Crippen LogP contribution in [0.15, 0.2) is 18.2 Å². The minimum Gasteiger partial charge on any atom is -0.384 e. The summed E-state index contributed by atoms with van der Waals surface area (Å²) in [6.07, 6.45) is 0.810. The Morgan fingerprint density at radius 1 is 1.59 bits per heavy atom. The van der Waals surface area contributed by atoms with Crippen LogP contribution in [0.4, 0.5) is 5.82 Å². The van der Waals surface area contributed by atoms with E-state index >= 15 is 0 Å². The maximum atomic E-state index is 11.3. The van der Waals surface area contributed by atoms with Crippen molar-refractivity contribution in [2.75, 3.05) is 18.8 Å². The van der Waals surface area contributed by atoms with Crippen LogP contribution in [0, 0.1) is 5.41 Å². The van der Waals surface area contributed by atoms with E-state index in [4.69, 9.17) is 11.5 Å². The van der Waals surface area contributed by atoms with Gasteiger partial charge in [0.05, 0.1) is 11.1 Å². The molecular weight excluding hydrogens is 216 g/mol. The zero-order valence-corrected chi connectivity index (χ0v) is 10.0. The number of rotatable bonds is 3. The second-order valence-corrected chi connectivity index (χ2v) is 4.94. The largest absolute Gasteiger partial charge is 0.384 e. The summed E-state index contributed by atoms with van der Waals surface area (Å²) < 4.78 is 0. The lowest BCUT2D eigenvalue weighted by molar-refractivity contribution is -0.126. The smallest absolute Gasteiger partial charge is 0.224 e. The standard InChI is InChI=1S/C12H18N4O/c1-12(11(14)17)5-6-16(8-12)7-9-3-2-4-10(13)15-9/h2-4H,5-8H2,1H3,(H2,13,15)(H2,14,17). The van der Waals surface area contributed by atoms with Gasteiger partial charge in [-0.25, -0.2) is 4.98 Å². The lowest BCUT2D eigenvalue weighted by Crippen LogP contribution is -2.37. The van der Waals surface area contributed by atoms with Gasteiger partial charge in [-0.05, 0) is 32.0 Å². The summed E-state index contributed by atoms with van der Waals surface area (Å²) in [4.78, 5) is 17.8. The van der Waals surface area contributed by atoms with Crippen LogP contribution in [0.25, 0.3) is 0 Å². The highest BCUT2D eigenvalue weighted by Crippen LogP contribution is 2.30. The van der Waals surface area contributed by atoms with Gasteiger partial charge >= 0.3 is 0 Å². The predicted molar refractivity (Wildman–Crippen MR) is 65.8 cm³/mol. The van der Waals surface area contributed by atoms with Gasteiger partial charge < -0.3 is 11.5 Å². The topological polar surface area (TPSA) is 85.2 Å². The average Bonchev–Trinajstić information content (AvgIpc) is 2.61. The van der Waals surface area contributed by atoms with Crippen molar-refractivity contribution in [2.45, 2.75) is 19.9 Å². The zero-order valence-electron chi connectivity index (χ0n) is 10.0. The summed E-state index contributed by atoms with van der Waals surface area (Å²) in [5.41, 5.74) is 11.6. The molecule has 1 aromatic rings. The Balaban J connectivity index is 2.01. The number of hydrogen-bond acceptors (Lipinski definition) is 4. The van der Waals surface area contributed by atoms with Gasteiger partial charge in [-0.2, -0.15) is 0 Å². The number of nitrogens with zero attached hydrogens (tertiary/aromatic N) is 2.